The first kappa shape index (κ1) is 22.7. The van der Waals surface area contributed by atoms with Gasteiger partial charge in [-0.05, 0) is 18.2 Å². The minimum atomic E-state index is -5.94. The summed E-state index contributed by atoms with van der Waals surface area (Å²) in [5, 5.41) is -0.664. The fraction of sp³-hybridized carbons (Fsp3) is 0.429. The van der Waals surface area contributed by atoms with E-state index in [9.17, 15) is 44.3 Å². The van der Waals surface area contributed by atoms with Crippen molar-refractivity contribution in [2.24, 2.45) is 10.9 Å². The molecule has 1 aliphatic rings. The molecule has 1 amide bonds. The van der Waals surface area contributed by atoms with Gasteiger partial charge in [-0.2, -0.15) is 44.5 Å². The van der Waals surface area contributed by atoms with Gasteiger partial charge in [-0.15, -0.1) is 11.6 Å². The predicted octanol–water partition coefficient (Wildman–Crippen LogP) is 5.45. The van der Waals surface area contributed by atoms with Gasteiger partial charge in [0.1, 0.15) is 4.71 Å². The van der Waals surface area contributed by atoms with Crippen LogP contribution in [0, 0.1) is 5.92 Å². The zero-order valence-corrected chi connectivity index (χ0v) is 14.7. The molecule has 1 saturated heterocycles. The summed E-state index contributed by atoms with van der Waals surface area (Å²) in [6.07, 6.45) is -16.6. The summed E-state index contributed by atoms with van der Waals surface area (Å²) < 4.78 is 113. The Bertz CT molecular complexity index is 761. The molecule has 1 aromatic carbocycles. The van der Waals surface area contributed by atoms with Gasteiger partial charge in [-0.25, -0.2) is 0 Å². The molecule has 0 N–H and O–H groups in total. The molecule has 1 aliphatic heterocycles. The maximum absolute atomic E-state index is 12.8. The average Bonchev–Trinajstić information content (AvgIpc) is 2.83. The van der Waals surface area contributed by atoms with Crippen molar-refractivity contribution in [3.05, 3.63) is 29.8 Å². The highest BCUT2D eigenvalue weighted by molar-refractivity contribution is 8.16. The third-order valence-corrected chi connectivity index (χ3v) is 4.72. The number of aliphatic imine (C=N–C) groups is 1. The second kappa shape index (κ2) is 7.65. The summed E-state index contributed by atoms with van der Waals surface area (Å²) in [5.74, 6) is -6.89. The minimum absolute atomic E-state index is 0.243. The summed E-state index contributed by atoms with van der Waals surface area (Å²) >= 11 is 6.24. The maximum atomic E-state index is 12.8. The molecule has 0 saturated carbocycles. The molecule has 2 rings (SSSR count). The number of alkyl halides is 10. The fourth-order valence-electron chi connectivity index (χ4n) is 2.21. The van der Waals surface area contributed by atoms with Crippen molar-refractivity contribution in [1.82, 2.24) is 0 Å². The third-order valence-electron chi connectivity index (χ3n) is 3.38. The van der Waals surface area contributed by atoms with Crippen LogP contribution in [0.15, 0.2) is 29.3 Å². The van der Waals surface area contributed by atoms with Crippen molar-refractivity contribution in [3.63, 3.8) is 0 Å². The van der Waals surface area contributed by atoms with Crippen LogP contribution in [0.1, 0.15) is 5.56 Å². The van der Waals surface area contributed by atoms with Crippen molar-refractivity contribution < 1.29 is 44.3 Å². The summed E-state index contributed by atoms with van der Waals surface area (Å²) in [6.45, 7) is -0.289. The molecule has 0 bridgehead atoms. The topological polar surface area (TPSA) is 32.7 Å². The summed E-state index contributed by atoms with van der Waals surface area (Å²) in [7, 11) is 0. The first-order chi connectivity index (χ1) is 12.6. The predicted molar refractivity (Wildman–Crippen MR) is 84.1 cm³/mol. The number of hydrogen-bond donors (Lipinski definition) is 0. The molecule has 156 valence electrons. The highest BCUT2D eigenvalue weighted by Gasteiger charge is 2.61. The lowest BCUT2D eigenvalue weighted by Crippen LogP contribution is -2.42. The van der Waals surface area contributed by atoms with Gasteiger partial charge in [0.25, 0.3) is 5.91 Å². The van der Waals surface area contributed by atoms with Gasteiger partial charge in [-0.3, -0.25) is 4.79 Å². The number of benzene rings is 1. The molecule has 28 heavy (non-hydrogen) atoms. The number of rotatable bonds is 2. The van der Waals surface area contributed by atoms with Gasteiger partial charge in [0.2, 0.25) is 5.92 Å². The molecule has 14 heteroatoms. The van der Waals surface area contributed by atoms with E-state index in [-0.39, 0.29) is 12.2 Å². The average molecular weight is 459 g/mol. The quantitative estimate of drug-likeness (QED) is 0.436. The lowest BCUT2D eigenvalue weighted by Gasteiger charge is -2.22. The normalized spacial score (nSPS) is 20.3. The van der Waals surface area contributed by atoms with Crippen LogP contribution in [-0.4, -0.2) is 34.7 Å². The van der Waals surface area contributed by atoms with Gasteiger partial charge < -0.3 is 4.90 Å². The van der Waals surface area contributed by atoms with E-state index < -0.39 is 45.8 Å². The molecule has 0 aliphatic carbocycles. The van der Waals surface area contributed by atoms with Crippen molar-refractivity contribution >= 4 is 40.1 Å². The number of anilines is 1. The Kier molecular flexibility index (Phi) is 6.19. The minimum Gasteiger partial charge on any atom is -0.318 e. The molecule has 1 aromatic rings. The Labute approximate surface area is 160 Å². The summed E-state index contributed by atoms with van der Waals surface area (Å²) in [5.41, 5.74) is -1.35. The zero-order valence-electron chi connectivity index (χ0n) is 13.2. The van der Waals surface area contributed by atoms with Crippen LogP contribution < -0.4 is 4.90 Å². The molecular formula is C14H8ClF9N2OS. The molecule has 0 radical (unpaired) electrons. The SMILES string of the molecule is O=C(N=C1SC(Cl)CN1c1cccc(C(F)(F)F)c1)C(C(F)(F)F)C(F)(F)F. The van der Waals surface area contributed by atoms with Crippen molar-refractivity contribution in [3.8, 4) is 0 Å². The molecule has 3 nitrogen and oxygen atoms in total. The Balaban J connectivity index is 2.42. The van der Waals surface area contributed by atoms with Crippen LogP contribution in [-0.2, 0) is 11.0 Å². The first-order valence-corrected chi connectivity index (χ1v) is 8.44. The summed E-state index contributed by atoms with van der Waals surface area (Å²) in [6, 6.07) is 3.43. The van der Waals surface area contributed by atoms with Gasteiger partial charge in [-0.1, -0.05) is 17.8 Å². The Morgan fingerprint density at radius 2 is 1.68 bits per heavy atom. The molecule has 1 atom stereocenters. The van der Waals surface area contributed by atoms with Crippen LogP contribution in [0.5, 0.6) is 0 Å². The second-order valence-electron chi connectivity index (χ2n) is 5.44. The van der Waals surface area contributed by atoms with E-state index in [1.165, 1.54) is 0 Å². The molecule has 0 spiro atoms. The third kappa shape index (κ3) is 5.25. The maximum Gasteiger partial charge on any atom is 0.416 e. The van der Waals surface area contributed by atoms with Gasteiger partial charge in [0, 0.05) is 5.69 Å². The first-order valence-electron chi connectivity index (χ1n) is 7.12. The van der Waals surface area contributed by atoms with E-state index in [0.29, 0.717) is 17.8 Å². The van der Waals surface area contributed by atoms with Crippen LogP contribution in [0.3, 0.4) is 0 Å². The van der Waals surface area contributed by atoms with Crippen molar-refractivity contribution in [2.75, 3.05) is 11.4 Å². The van der Waals surface area contributed by atoms with E-state index in [4.69, 9.17) is 11.6 Å². The lowest BCUT2D eigenvalue weighted by molar-refractivity contribution is -0.273. The summed E-state index contributed by atoms with van der Waals surface area (Å²) in [4.78, 5) is 15.3. The number of carbonyl (C=O) groups is 1. The van der Waals surface area contributed by atoms with Gasteiger partial charge in [0.05, 0.1) is 12.1 Å². The Morgan fingerprint density at radius 3 is 2.18 bits per heavy atom. The number of hydrogen-bond acceptors (Lipinski definition) is 2. The van der Waals surface area contributed by atoms with E-state index in [1.54, 1.807) is 0 Å². The number of halogens is 10. The number of amidine groups is 1. The zero-order chi connectivity index (χ0) is 21.5. The van der Waals surface area contributed by atoms with Crippen molar-refractivity contribution in [1.29, 1.82) is 0 Å². The number of thioether (sulfide) groups is 1. The molecular weight excluding hydrogens is 451 g/mol. The highest BCUT2D eigenvalue weighted by atomic mass is 35.5. The number of nitrogens with zero attached hydrogens (tertiary/aromatic N) is 2. The fourth-order valence-corrected chi connectivity index (χ4v) is 3.49. The Hall–Kier alpha value is -1.63. The monoisotopic (exact) mass is 458 g/mol. The highest BCUT2D eigenvalue weighted by Crippen LogP contribution is 2.41. The molecule has 1 fully saturated rings. The smallest absolute Gasteiger partial charge is 0.318 e. The molecule has 1 unspecified atom stereocenters. The number of carbonyl (C=O) groups excluding carboxylic acids is 1. The lowest BCUT2D eigenvalue weighted by atomic mass is 10.1. The van der Waals surface area contributed by atoms with E-state index in [0.717, 1.165) is 23.1 Å². The Morgan fingerprint density at radius 1 is 1.11 bits per heavy atom. The van der Waals surface area contributed by atoms with Crippen LogP contribution in [0.4, 0.5) is 45.2 Å². The molecule has 1 heterocycles. The standard InChI is InChI=1S/C14H8ClF9N2OS/c15-8-5-26(7-3-1-2-6(4-7)12(16,17)18)11(28-8)25-10(27)9(13(19,20)21)14(22,23)24/h1-4,8-9H,5H2. The van der Waals surface area contributed by atoms with E-state index >= 15 is 0 Å². The van der Waals surface area contributed by atoms with E-state index in [2.05, 4.69) is 4.99 Å². The van der Waals surface area contributed by atoms with Crippen LogP contribution >= 0.6 is 23.4 Å². The van der Waals surface area contributed by atoms with Gasteiger partial charge in [0.15, 0.2) is 5.17 Å². The van der Waals surface area contributed by atoms with Crippen molar-refractivity contribution in [2.45, 2.75) is 23.2 Å². The number of amides is 1. The van der Waals surface area contributed by atoms with Crippen LogP contribution in [0.2, 0.25) is 0 Å². The molecule has 0 aromatic heterocycles. The van der Waals surface area contributed by atoms with Gasteiger partial charge >= 0.3 is 18.5 Å². The largest absolute Gasteiger partial charge is 0.416 e. The second-order valence-corrected chi connectivity index (χ2v) is 7.39. The van der Waals surface area contributed by atoms with E-state index in [1.807, 2.05) is 0 Å². The van der Waals surface area contributed by atoms with Crippen LogP contribution in [0.25, 0.3) is 0 Å².